The topological polar surface area (TPSA) is 0 Å². The molecule has 4 rings (SSSR count). The van der Waals surface area contributed by atoms with Gasteiger partial charge in [0.2, 0.25) is 0 Å². The van der Waals surface area contributed by atoms with Gasteiger partial charge in [-0.15, -0.1) is 34.5 Å². The summed E-state index contributed by atoms with van der Waals surface area (Å²) in [5, 5.41) is 2.97. The van der Waals surface area contributed by atoms with E-state index in [9.17, 15) is 0 Å². The zero-order chi connectivity index (χ0) is 16.3. The van der Waals surface area contributed by atoms with E-state index in [2.05, 4.69) is 45.0 Å². The molecule has 0 N–H and O–H groups in total. The first-order valence-electron chi connectivity index (χ1n) is 8.96. The summed E-state index contributed by atoms with van der Waals surface area (Å²) in [5.74, 6) is 0. The summed E-state index contributed by atoms with van der Waals surface area (Å²) in [6.45, 7) is 7.04. The third-order valence-electron chi connectivity index (χ3n) is 4.88. The third-order valence-corrected chi connectivity index (χ3v) is 4.88. The van der Waals surface area contributed by atoms with Crippen molar-refractivity contribution in [3.63, 3.8) is 0 Å². The van der Waals surface area contributed by atoms with E-state index in [0.717, 1.165) is 0 Å². The van der Waals surface area contributed by atoms with Gasteiger partial charge in [-0.1, -0.05) is 51.2 Å². The maximum Gasteiger partial charge on any atom is 0 e. The smallest absolute Gasteiger partial charge is 0 e. The fraction of sp³-hybridized carbons (Fsp3) is 0.300. The zero-order valence-corrected chi connectivity index (χ0v) is 25.8. The van der Waals surface area contributed by atoms with Crippen LogP contribution >= 0.6 is 0 Å². The van der Waals surface area contributed by atoms with Crippen molar-refractivity contribution in [2.75, 3.05) is 0 Å². The molecule has 0 amide bonds. The summed E-state index contributed by atoms with van der Waals surface area (Å²) in [5.41, 5.74) is 5.20. The average Bonchev–Trinajstić information content (AvgIpc) is 3.22. The molecule has 0 aromatic heterocycles. The summed E-state index contributed by atoms with van der Waals surface area (Å²) in [6.07, 6.45) is 6.32. The van der Waals surface area contributed by atoms with Gasteiger partial charge in [0.15, 0.2) is 0 Å². The number of fused-ring (bicyclic) bond motifs is 2. The molecular weight excluding hydrogens is 539 g/mol. The fourth-order valence-electron chi connectivity index (χ4n) is 3.73. The Kier molecular flexibility index (Phi) is 27.9. The first kappa shape index (κ1) is 43.8. The molecule has 0 atom stereocenters. The number of unbranched alkanes of at least 4 members (excludes halogenated alkanes) is 1. The molecule has 182 valence electrons. The summed E-state index contributed by atoms with van der Waals surface area (Å²) in [6, 6.07) is 19.6. The molecule has 0 spiro atoms. The standard InChI is InChI=1S/C18H23.C5H5.7CH3.Hf/c1-4-5-6-13-7-8-14-9-15-11-18(2,3)12-16(15)10-17(13)14;1-2-4-5-3-1;;;;;;;;/h7-10H,4-6,11-12H2,1-3H3;1-5H;7*1H3;/q9*-1;. The Morgan fingerprint density at radius 2 is 1.39 bits per heavy atom. The van der Waals surface area contributed by atoms with Crippen molar-refractivity contribution < 1.29 is 25.8 Å². The number of rotatable bonds is 3. The number of aryl methyl sites for hydroxylation is 1. The number of hydrogen-bond acceptors (Lipinski definition) is 0. The molecule has 0 nitrogen and oxygen atoms in total. The summed E-state index contributed by atoms with van der Waals surface area (Å²) >= 11 is 0. The zero-order valence-electron chi connectivity index (χ0n) is 22.2. The van der Waals surface area contributed by atoms with Crippen LogP contribution in [0.3, 0.4) is 0 Å². The van der Waals surface area contributed by atoms with E-state index in [1.54, 1.807) is 16.7 Å². The van der Waals surface area contributed by atoms with Crippen LogP contribution in [0.5, 0.6) is 0 Å². The Hall–Kier alpha value is -0.950. The maximum absolute atomic E-state index is 2.48. The quantitative estimate of drug-likeness (QED) is 0.211. The van der Waals surface area contributed by atoms with Crippen LogP contribution < -0.4 is 0 Å². The van der Waals surface area contributed by atoms with Gasteiger partial charge in [0, 0.05) is 25.8 Å². The maximum atomic E-state index is 2.48. The van der Waals surface area contributed by atoms with Gasteiger partial charge in [0.25, 0.3) is 0 Å². The van der Waals surface area contributed by atoms with Crippen molar-refractivity contribution in [2.45, 2.75) is 52.9 Å². The van der Waals surface area contributed by atoms with Crippen LogP contribution in [0.4, 0.5) is 0 Å². The number of hydrogen-bond donors (Lipinski definition) is 0. The van der Waals surface area contributed by atoms with Crippen LogP contribution in [0, 0.1) is 57.4 Å². The molecule has 0 unspecified atom stereocenters. The molecule has 3 aromatic carbocycles. The average molecular weight is 588 g/mol. The molecule has 3 aromatic rings. The van der Waals surface area contributed by atoms with Gasteiger partial charge < -0.3 is 52.0 Å². The van der Waals surface area contributed by atoms with E-state index in [1.165, 1.54) is 42.9 Å². The monoisotopic (exact) mass is 589 g/mol. The first-order valence-corrected chi connectivity index (χ1v) is 8.96. The summed E-state index contributed by atoms with van der Waals surface area (Å²) in [7, 11) is 0. The van der Waals surface area contributed by atoms with Gasteiger partial charge in [-0.2, -0.15) is 24.3 Å². The molecule has 0 heterocycles. The normalized spacial score (nSPS) is 11.3. The fourth-order valence-corrected chi connectivity index (χ4v) is 3.73. The van der Waals surface area contributed by atoms with Crippen LogP contribution in [-0.4, -0.2) is 0 Å². The van der Waals surface area contributed by atoms with Gasteiger partial charge in [-0.3, -0.25) is 0 Å². The third kappa shape index (κ3) is 11.5. The largest absolute Gasteiger partial charge is 0.358 e. The second-order valence-corrected chi connectivity index (χ2v) is 7.65. The first-order chi connectivity index (χ1) is 11.1. The minimum Gasteiger partial charge on any atom is -0.358 e. The molecule has 0 radical (unpaired) electrons. The summed E-state index contributed by atoms with van der Waals surface area (Å²) < 4.78 is 0. The van der Waals surface area contributed by atoms with Crippen molar-refractivity contribution >= 4 is 10.8 Å². The molecule has 0 saturated heterocycles. The molecule has 1 aliphatic rings. The van der Waals surface area contributed by atoms with Crippen LogP contribution in [0.15, 0.2) is 54.6 Å². The minimum atomic E-state index is 0. The Morgan fingerprint density at radius 1 is 0.871 bits per heavy atom. The van der Waals surface area contributed by atoms with Gasteiger partial charge in [0.05, 0.1) is 0 Å². The molecule has 0 bridgehead atoms. The molecule has 0 aliphatic heterocycles. The van der Waals surface area contributed by atoms with E-state index in [-0.39, 0.29) is 77.8 Å². The van der Waals surface area contributed by atoms with Gasteiger partial charge in [-0.25, -0.2) is 12.1 Å². The van der Waals surface area contributed by atoms with Crippen LogP contribution in [-0.2, 0) is 45.1 Å². The van der Waals surface area contributed by atoms with E-state index in [0.29, 0.717) is 5.41 Å². The molecule has 1 aliphatic carbocycles. The van der Waals surface area contributed by atoms with Crippen molar-refractivity contribution in [3.05, 3.63) is 123 Å². The predicted octanol–water partition coefficient (Wildman–Crippen LogP) is 9.58. The Bertz CT molecular complexity index is 727. The SMILES string of the molecule is CCCC[c-]1ccc2cc3c(cc21)CC(C)(C)C3.[CH3-].[CH3-].[CH3-].[CH3-].[CH3-].[CH3-].[CH3-].[Hf].c1cc[cH-]c1. The van der Waals surface area contributed by atoms with Crippen LogP contribution in [0.25, 0.3) is 10.8 Å². The van der Waals surface area contributed by atoms with E-state index >= 15 is 0 Å². The van der Waals surface area contributed by atoms with Crippen molar-refractivity contribution in [2.24, 2.45) is 5.41 Å². The van der Waals surface area contributed by atoms with Crippen molar-refractivity contribution in [1.29, 1.82) is 0 Å². The molecule has 31 heavy (non-hydrogen) atoms. The van der Waals surface area contributed by atoms with Crippen LogP contribution in [0.2, 0.25) is 0 Å². The van der Waals surface area contributed by atoms with Gasteiger partial charge in [0.1, 0.15) is 0 Å². The Morgan fingerprint density at radius 3 is 1.84 bits per heavy atom. The second-order valence-electron chi connectivity index (χ2n) is 7.65. The molecule has 0 fully saturated rings. The van der Waals surface area contributed by atoms with E-state index in [4.69, 9.17) is 0 Å². The van der Waals surface area contributed by atoms with Crippen LogP contribution in [0.1, 0.15) is 50.3 Å². The van der Waals surface area contributed by atoms with Crippen molar-refractivity contribution in [1.82, 2.24) is 0 Å². The molecule has 0 saturated carbocycles. The minimum absolute atomic E-state index is 0. The predicted molar refractivity (Wildman–Crippen MR) is 146 cm³/mol. The Labute approximate surface area is 217 Å². The summed E-state index contributed by atoms with van der Waals surface area (Å²) in [4.78, 5) is 0. The Balaban J connectivity index is -0.000000108. The molecular formula is C30H49Hf-9. The van der Waals surface area contributed by atoms with Crippen molar-refractivity contribution in [3.8, 4) is 0 Å². The molecule has 1 heteroatoms. The second kappa shape index (κ2) is 19.7. The van der Waals surface area contributed by atoms with Gasteiger partial charge in [-0.05, 0) is 18.3 Å². The van der Waals surface area contributed by atoms with E-state index < -0.39 is 0 Å². The van der Waals surface area contributed by atoms with Gasteiger partial charge >= 0.3 is 0 Å². The number of benzene rings is 1. The van der Waals surface area contributed by atoms with E-state index in [1.807, 2.05) is 30.3 Å².